The fourth-order valence-corrected chi connectivity index (χ4v) is 2.96. The van der Waals surface area contributed by atoms with E-state index in [0.29, 0.717) is 22.3 Å². The molecule has 3 aromatic rings. The maximum atomic E-state index is 14.2. The van der Waals surface area contributed by atoms with Crippen LogP contribution >= 0.6 is 11.6 Å². The Morgan fingerprint density at radius 3 is 2.82 bits per heavy atom. The van der Waals surface area contributed by atoms with E-state index in [4.69, 9.17) is 17.3 Å². The molecule has 0 aliphatic rings. The summed E-state index contributed by atoms with van der Waals surface area (Å²) in [7, 11) is 3.22. The molecule has 1 unspecified atom stereocenters. The Hall–Kier alpha value is -2.97. The Balaban J connectivity index is 2.01. The van der Waals surface area contributed by atoms with Crippen LogP contribution in [0.2, 0.25) is 5.02 Å². The topological polar surface area (TPSA) is 104 Å². The Labute approximate surface area is 166 Å². The molecule has 1 aromatic heterocycles. The first kappa shape index (κ1) is 19.8. The molecule has 1 amide bonds. The minimum atomic E-state index is -0.815. The Morgan fingerprint density at radius 1 is 1.36 bits per heavy atom. The predicted molar refractivity (Wildman–Crippen MR) is 106 cm³/mol. The Bertz CT molecular complexity index is 1040. The Morgan fingerprint density at radius 2 is 2.11 bits per heavy atom. The largest absolute Gasteiger partial charge is 0.508 e. The van der Waals surface area contributed by atoms with Crippen molar-refractivity contribution < 1.29 is 14.3 Å². The van der Waals surface area contributed by atoms with Crippen LogP contribution in [-0.2, 0) is 11.2 Å². The average Bonchev–Trinajstić information content (AvgIpc) is 2.65. The fourth-order valence-electron chi connectivity index (χ4n) is 2.78. The lowest BCUT2D eigenvalue weighted by molar-refractivity contribution is -0.130. The summed E-state index contributed by atoms with van der Waals surface area (Å²) in [4.78, 5) is 21.7. The molecule has 0 aliphatic carbocycles. The maximum Gasteiger partial charge on any atom is 0.239 e. The van der Waals surface area contributed by atoms with Gasteiger partial charge in [-0.05, 0) is 23.8 Å². The van der Waals surface area contributed by atoms with Gasteiger partial charge < -0.3 is 21.1 Å². The lowest BCUT2D eigenvalue weighted by Gasteiger charge is -2.18. The van der Waals surface area contributed by atoms with Gasteiger partial charge in [0.1, 0.15) is 17.9 Å². The van der Waals surface area contributed by atoms with E-state index in [2.05, 4.69) is 15.3 Å². The van der Waals surface area contributed by atoms with Crippen LogP contribution in [0.3, 0.4) is 0 Å². The summed E-state index contributed by atoms with van der Waals surface area (Å²) in [5.41, 5.74) is 7.01. The van der Waals surface area contributed by atoms with Crippen molar-refractivity contribution in [2.45, 2.75) is 12.5 Å². The molecule has 3 rings (SSSR count). The number of carbonyl (C=O) groups is 1. The number of aromatic nitrogens is 2. The zero-order valence-corrected chi connectivity index (χ0v) is 16.0. The summed E-state index contributed by atoms with van der Waals surface area (Å²) < 4.78 is 14.2. The molecule has 0 radical (unpaired) electrons. The zero-order chi connectivity index (χ0) is 20.4. The van der Waals surface area contributed by atoms with E-state index in [1.165, 1.54) is 29.4 Å². The van der Waals surface area contributed by atoms with Crippen LogP contribution in [0.5, 0.6) is 5.75 Å². The molecule has 7 nitrogen and oxygen atoms in total. The van der Waals surface area contributed by atoms with Gasteiger partial charge in [-0.1, -0.05) is 17.7 Å². The molecule has 0 fully saturated rings. The quantitative estimate of drug-likeness (QED) is 0.605. The number of aromatic hydroxyl groups is 1. The van der Waals surface area contributed by atoms with Gasteiger partial charge in [0.2, 0.25) is 5.91 Å². The van der Waals surface area contributed by atoms with Crippen molar-refractivity contribution in [3.8, 4) is 5.75 Å². The van der Waals surface area contributed by atoms with Crippen LogP contribution in [0.15, 0.2) is 36.7 Å². The first-order valence-corrected chi connectivity index (χ1v) is 8.80. The number of hydrogen-bond donors (Lipinski definition) is 3. The third kappa shape index (κ3) is 3.97. The molecule has 1 atom stereocenters. The molecule has 1 heterocycles. The SMILES string of the molecule is CN(C)C(=O)C(N)Cc1cc2c(Nc3cccc(Cl)c3F)ncnc2cc1O. The van der Waals surface area contributed by atoms with E-state index in [1.54, 1.807) is 26.2 Å². The van der Waals surface area contributed by atoms with Crippen molar-refractivity contribution >= 4 is 39.9 Å². The number of phenols is 1. The van der Waals surface area contributed by atoms with Gasteiger partial charge in [-0.3, -0.25) is 4.79 Å². The highest BCUT2D eigenvalue weighted by Gasteiger charge is 2.19. The van der Waals surface area contributed by atoms with Gasteiger partial charge in [-0.25, -0.2) is 14.4 Å². The Kier molecular flexibility index (Phi) is 5.62. The number of hydrogen-bond acceptors (Lipinski definition) is 6. The van der Waals surface area contributed by atoms with Gasteiger partial charge in [-0.15, -0.1) is 0 Å². The molecule has 0 spiro atoms. The number of likely N-dealkylation sites (N-methyl/N-ethyl adjacent to an activating group) is 1. The molecule has 28 heavy (non-hydrogen) atoms. The van der Waals surface area contributed by atoms with Gasteiger partial charge in [-0.2, -0.15) is 0 Å². The molecule has 0 bridgehead atoms. The lowest BCUT2D eigenvalue weighted by atomic mass is 10.0. The van der Waals surface area contributed by atoms with Crippen LogP contribution < -0.4 is 11.1 Å². The smallest absolute Gasteiger partial charge is 0.239 e. The normalized spacial score (nSPS) is 12.0. The highest BCUT2D eigenvalue weighted by molar-refractivity contribution is 6.31. The van der Waals surface area contributed by atoms with Crippen molar-refractivity contribution in [3.05, 3.63) is 53.1 Å². The van der Waals surface area contributed by atoms with Crippen LogP contribution in [0.1, 0.15) is 5.56 Å². The van der Waals surface area contributed by atoms with Crippen LogP contribution in [0.4, 0.5) is 15.9 Å². The van der Waals surface area contributed by atoms with E-state index in [1.807, 2.05) is 0 Å². The molecule has 0 aliphatic heterocycles. The molecule has 2 aromatic carbocycles. The summed E-state index contributed by atoms with van der Waals surface area (Å²) in [6, 6.07) is 6.86. The number of nitrogens with zero attached hydrogens (tertiary/aromatic N) is 3. The summed E-state index contributed by atoms with van der Waals surface area (Å²) in [5.74, 6) is -0.565. The highest BCUT2D eigenvalue weighted by atomic mass is 35.5. The second-order valence-corrected chi connectivity index (χ2v) is 6.90. The van der Waals surface area contributed by atoms with E-state index < -0.39 is 11.9 Å². The van der Waals surface area contributed by atoms with E-state index >= 15 is 0 Å². The summed E-state index contributed by atoms with van der Waals surface area (Å²) in [6.07, 6.45) is 1.42. The number of fused-ring (bicyclic) bond motifs is 1. The maximum absolute atomic E-state index is 14.2. The van der Waals surface area contributed by atoms with E-state index in [9.17, 15) is 14.3 Å². The van der Waals surface area contributed by atoms with E-state index in [0.717, 1.165) is 0 Å². The van der Waals surface area contributed by atoms with Gasteiger partial charge in [0.05, 0.1) is 22.3 Å². The number of rotatable bonds is 5. The van der Waals surface area contributed by atoms with Gasteiger partial charge >= 0.3 is 0 Å². The van der Waals surface area contributed by atoms with Gasteiger partial charge in [0, 0.05) is 32.0 Å². The minimum Gasteiger partial charge on any atom is -0.508 e. The predicted octanol–water partition coefficient (Wildman–Crippen LogP) is 2.83. The van der Waals surface area contributed by atoms with Crippen molar-refractivity contribution in [1.29, 1.82) is 0 Å². The molecule has 0 saturated carbocycles. The van der Waals surface area contributed by atoms with Gasteiger partial charge in [0.15, 0.2) is 5.82 Å². The number of nitrogens with one attached hydrogen (secondary N) is 1. The van der Waals surface area contributed by atoms with Crippen LogP contribution in [0, 0.1) is 5.82 Å². The second kappa shape index (κ2) is 7.95. The number of phenolic OH excluding ortho intramolecular Hbond substituents is 1. The molecule has 9 heteroatoms. The minimum absolute atomic E-state index is 0.0186. The number of carbonyl (C=O) groups excluding carboxylic acids is 1. The summed E-state index contributed by atoms with van der Waals surface area (Å²) in [5, 5.41) is 13.7. The number of halogens is 2. The fraction of sp³-hybridized carbons (Fsp3) is 0.211. The van der Waals surface area contributed by atoms with Crippen molar-refractivity contribution in [2.75, 3.05) is 19.4 Å². The number of benzene rings is 2. The first-order chi connectivity index (χ1) is 13.3. The summed E-state index contributed by atoms with van der Waals surface area (Å²) >= 11 is 5.83. The standard InChI is InChI=1S/C19H19ClFN5O2/c1-26(2)19(28)13(22)7-10-6-11-15(8-16(10)27)23-9-24-18(11)25-14-5-3-4-12(20)17(14)21/h3-6,8-9,13,27H,7,22H2,1-2H3,(H,23,24,25). The van der Waals surface area contributed by atoms with Crippen molar-refractivity contribution in [3.63, 3.8) is 0 Å². The monoisotopic (exact) mass is 403 g/mol. The zero-order valence-electron chi connectivity index (χ0n) is 15.3. The first-order valence-electron chi connectivity index (χ1n) is 8.42. The summed E-state index contributed by atoms with van der Waals surface area (Å²) in [6.45, 7) is 0. The van der Waals surface area contributed by atoms with Crippen LogP contribution in [0.25, 0.3) is 10.9 Å². The molecule has 4 N–H and O–H groups in total. The highest BCUT2D eigenvalue weighted by Crippen LogP contribution is 2.31. The molecular formula is C19H19ClFN5O2. The van der Waals surface area contributed by atoms with Crippen LogP contribution in [-0.4, -0.2) is 46.0 Å². The second-order valence-electron chi connectivity index (χ2n) is 6.49. The molecular weight excluding hydrogens is 385 g/mol. The van der Waals surface area contributed by atoms with E-state index in [-0.39, 0.29) is 28.8 Å². The number of amides is 1. The third-order valence-electron chi connectivity index (χ3n) is 4.24. The molecule has 146 valence electrons. The van der Waals surface area contributed by atoms with Crippen molar-refractivity contribution in [2.24, 2.45) is 5.73 Å². The van der Waals surface area contributed by atoms with Gasteiger partial charge in [0.25, 0.3) is 0 Å². The molecule has 0 saturated heterocycles. The number of anilines is 2. The van der Waals surface area contributed by atoms with Crippen molar-refractivity contribution in [1.82, 2.24) is 14.9 Å². The average molecular weight is 404 g/mol. The number of nitrogens with two attached hydrogens (primary N) is 1. The lowest BCUT2D eigenvalue weighted by Crippen LogP contribution is -2.41. The third-order valence-corrected chi connectivity index (χ3v) is 4.53.